The number of hydrogen-bond acceptors (Lipinski definition) is 3. The first-order chi connectivity index (χ1) is 10.2. The van der Waals surface area contributed by atoms with Gasteiger partial charge in [-0.15, -0.1) is 0 Å². The monoisotopic (exact) mass is 285 g/mol. The second-order valence-corrected chi connectivity index (χ2v) is 5.54. The topological polar surface area (TPSA) is 46.6 Å². The molecular weight excluding hydrogens is 266 g/mol. The number of amides is 1. The fourth-order valence-corrected chi connectivity index (χ4v) is 2.86. The predicted octanol–water partition coefficient (Wildman–Crippen LogP) is 2.78. The lowest BCUT2D eigenvalue weighted by Crippen LogP contribution is -2.34. The lowest BCUT2D eigenvalue weighted by Gasteiger charge is -2.30. The normalized spacial score (nSPS) is 19.6. The van der Waals surface area contributed by atoms with E-state index in [9.17, 15) is 9.59 Å². The number of ether oxygens (including phenoxy) is 1. The highest BCUT2D eigenvalue weighted by molar-refractivity contribution is 6.34. The molecule has 4 nitrogen and oxygen atoms in total. The molecule has 0 unspecified atom stereocenters. The molecule has 2 aliphatic rings. The smallest absolute Gasteiger partial charge is 0.331 e. The summed E-state index contributed by atoms with van der Waals surface area (Å²) in [6.07, 6.45) is 4.94. The van der Waals surface area contributed by atoms with Crippen LogP contribution in [0.4, 0.5) is 5.69 Å². The van der Waals surface area contributed by atoms with Gasteiger partial charge in [0.2, 0.25) is 0 Å². The van der Waals surface area contributed by atoms with E-state index in [2.05, 4.69) is 0 Å². The van der Waals surface area contributed by atoms with Gasteiger partial charge in [0.15, 0.2) is 0 Å². The Hall–Kier alpha value is -2.10. The SMILES string of the molecule is CCOC(=O)/C=C1/C(=O)N(CC2CCC2)c2ccccc21. The molecule has 1 saturated carbocycles. The molecule has 4 heteroatoms. The van der Waals surface area contributed by atoms with Gasteiger partial charge in [-0.05, 0) is 31.7 Å². The molecule has 1 aromatic rings. The van der Waals surface area contributed by atoms with Gasteiger partial charge in [0, 0.05) is 18.2 Å². The zero-order valence-electron chi connectivity index (χ0n) is 12.2. The van der Waals surface area contributed by atoms with Crippen molar-refractivity contribution in [3.63, 3.8) is 0 Å². The van der Waals surface area contributed by atoms with E-state index in [0.29, 0.717) is 18.1 Å². The molecule has 0 bridgehead atoms. The van der Waals surface area contributed by atoms with Crippen LogP contribution in [-0.2, 0) is 14.3 Å². The number of anilines is 1. The standard InChI is InChI=1S/C17H19NO3/c1-2-21-16(19)10-14-13-8-3-4-9-15(13)18(17(14)20)11-12-6-5-7-12/h3-4,8-10,12H,2,5-7,11H2,1H3/b14-10+. The Bertz CT molecular complexity index is 602. The molecule has 1 aromatic carbocycles. The van der Waals surface area contributed by atoms with Crippen LogP contribution in [0.2, 0.25) is 0 Å². The molecule has 0 aromatic heterocycles. The van der Waals surface area contributed by atoms with Crippen LogP contribution in [0, 0.1) is 5.92 Å². The number of benzene rings is 1. The van der Waals surface area contributed by atoms with Gasteiger partial charge >= 0.3 is 5.97 Å². The van der Waals surface area contributed by atoms with Crippen molar-refractivity contribution in [3.8, 4) is 0 Å². The Kier molecular flexibility index (Phi) is 3.78. The van der Waals surface area contributed by atoms with E-state index in [1.807, 2.05) is 29.2 Å². The molecule has 1 heterocycles. The highest BCUT2D eigenvalue weighted by Gasteiger charge is 2.35. The molecule has 0 spiro atoms. The summed E-state index contributed by atoms with van der Waals surface area (Å²) in [5.41, 5.74) is 2.18. The van der Waals surface area contributed by atoms with Gasteiger partial charge in [-0.1, -0.05) is 24.6 Å². The Balaban J connectivity index is 1.91. The van der Waals surface area contributed by atoms with E-state index in [0.717, 1.165) is 17.8 Å². The third kappa shape index (κ3) is 2.58. The molecule has 3 rings (SSSR count). The van der Waals surface area contributed by atoms with Gasteiger partial charge in [0.1, 0.15) is 0 Å². The van der Waals surface area contributed by atoms with Crippen LogP contribution >= 0.6 is 0 Å². The summed E-state index contributed by atoms with van der Waals surface area (Å²) in [6, 6.07) is 7.64. The van der Waals surface area contributed by atoms with Crippen LogP contribution < -0.4 is 4.90 Å². The number of hydrogen-bond donors (Lipinski definition) is 0. The van der Waals surface area contributed by atoms with Crippen molar-refractivity contribution in [2.75, 3.05) is 18.1 Å². The maximum Gasteiger partial charge on any atom is 0.331 e. The summed E-state index contributed by atoms with van der Waals surface area (Å²) in [6.45, 7) is 2.81. The molecule has 21 heavy (non-hydrogen) atoms. The Labute approximate surface area is 124 Å². The van der Waals surface area contributed by atoms with Crippen molar-refractivity contribution in [1.82, 2.24) is 0 Å². The number of para-hydroxylation sites is 1. The van der Waals surface area contributed by atoms with Gasteiger partial charge in [-0.2, -0.15) is 0 Å². The summed E-state index contributed by atoms with van der Waals surface area (Å²) in [5, 5.41) is 0. The number of fused-ring (bicyclic) bond motifs is 1. The minimum Gasteiger partial charge on any atom is -0.463 e. The molecule has 110 valence electrons. The van der Waals surface area contributed by atoms with Crippen molar-refractivity contribution in [3.05, 3.63) is 35.9 Å². The van der Waals surface area contributed by atoms with Crippen LogP contribution in [0.1, 0.15) is 31.7 Å². The third-order valence-electron chi connectivity index (χ3n) is 4.17. The second-order valence-electron chi connectivity index (χ2n) is 5.54. The Morgan fingerprint density at radius 1 is 1.38 bits per heavy atom. The molecule has 1 amide bonds. The Morgan fingerprint density at radius 2 is 2.14 bits per heavy atom. The summed E-state index contributed by atoms with van der Waals surface area (Å²) < 4.78 is 4.93. The molecular formula is C17H19NO3. The molecule has 1 fully saturated rings. The second kappa shape index (κ2) is 5.72. The Morgan fingerprint density at radius 3 is 2.81 bits per heavy atom. The molecule has 0 atom stereocenters. The highest BCUT2D eigenvalue weighted by Crippen LogP contribution is 2.39. The van der Waals surface area contributed by atoms with Crippen LogP contribution in [0.5, 0.6) is 0 Å². The van der Waals surface area contributed by atoms with Crippen LogP contribution in [0.15, 0.2) is 30.3 Å². The maximum absolute atomic E-state index is 12.6. The van der Waals surface area contributed by atoms with E-state index in [4.69, 9.17) is 4.74 Å². The first-order valence-corrected chi connectivity index (χ1v) is 7.50. The number of rotatable bonds is 4. The summed E-state index contributed by atoms with van der Waals surface area (Å²) >= 11 is 0. The first-order valence-electron chi connectivity index (χ1n) is 7.50. The number of nitrogens with zero attached hydrogens (tertiary/aromatic N) is 1. The van der Waals surface area contributed by atoms with Gasteiger partial charge < -0.3 is 9.64 Å². The quantitative estimate of drug-likeness (QED) is 0.631. The molecule has 0 saturated heterocycles. The third-order valence-corrected chi connectivity index (χ3v) is 4.17. The first kappa shape index (κ1) is 13.9. The summed E-state index contributed by atoms with van der Waals surface area (Å²) in [5.74, 6) is 0.0428. The van der Waals surface area contributed by atoms with Gasteiger partial charge in [-0.3, -0.25) is 4.79 Å². The largest absolute Gasteiger partial charge is 0.463 e. The van der Waals surface area contributed by atoms with E-state index >= 15 is 0 Å². The van der Waals surface area contributed by atoms with Gasteiger partial charge in [0.25, 0.3) is 5.91 Å². The zero-order chi connectivity index (χ0) is 14.8. The minimum atomic E-state index is -0.457. The van der Waals surface area contributed by atoms with Crippen LogP contribution in [-0.4, -0.2) is 25.0 Å². The van der Waals surface area contributed by atoms with Crippen molar-refractivity contribution in [2.45, 2.75) is 26.2 Å². The van der Waals surface area contributed by atoms with E-state index in [-0.39, 0.29) is 5.91 Å². The zero-order valence-corrected chi connectivity index (χ0v) is 12.2. The van der Waals surface area contributed by atoms with E-state index in [1.54, 1.807) is 6.92 Å². The lowest BCUT2D eigenvalue weighted by atomic mass is 9.85. The van der Waals surface area contributed by atoms with Crippen LogP contribution in [0.25, 0.3) is 5.57 Å². The van der Waals surface area contributed by atoms with Gasteiger partial charge in [0.05, 0.1) is 17.9 Å². The van der Waals surface area contributed by atoms with Gasteiger partial charge in [-0.25, -0.2) is 4.79 Å². The van der Waals surface area contributed by atoms with E-state index in [1.165, 1.54) is 25.3 Å². The number of carbonyl (C=O) groups is 2. The summed E-state index contributed by atoms with van der Waals surface area (Å²) in [7, 11) is 0. The van der Waals surface area contributed by atoms with Crippen molar-refractivity contribution in [2.24, 2.45) is 5.92 Å². The molecule has 1 aliphatic heterocycles. The van der Waals surface area contributed by atoms with E-state index < -0.39 is 5.97 Å². The van der Waals surface area contributed by atoms with Crippen molar-refractivity contribution in [1.29, 1.82) is 0 Å². The lowest BCUT2D eigenvalue weighted by molar-refractivity contribution is -0.137. The number of esters is 1. The van der Waals surface area contributed by atoms with Crippen LogP contribution in [0.3, 0.4) is 0 Å². The maximum atomic E-state index is 12.6. The minimum absolute atomic E-state index is 0.0869. The average molecular weight is 285 g/mol. The average Bonchev–Trinajstić information content (AvgIpc) is 2.68. The molecule has 1 aliphatic carbocycles. The van der Waals surface area contributed by atoms with Crippen molar-refractivity contribution < 1.29 is 14.3 Å². The van der Waals surface area contributed by atoms with Crippen molar-refractivity contribution >= 4 is 23.1 Å². The molecule has 0 N–H and O–H groups in total. The fourth-order valence-electron chi connectivity index (χ4n) is 2.86. The molecule has 0 radical (unpaired) electrons. The predicted molar refractivity (Wildman–Crippen MR) is 80.7 cm³/mol. The fraction of sp³-hybridized carbons (Fsp3) is 0.412. The summed E-state index contributed by atoms with van der Waals surface area (Å²) in [4.78, 5) is 26.1. The highest BCUT2D eigenvalue weighted by atomic mass is 16.5. The number of carbonyl (C=O) groups excluding carboxylic acids is 2.